The van der Waals surface area contributed by atoms with Gasteiger partial charge in [-0.3, -0.25) is 18.6 Å². The summed E-state index contributed by atoms with van der Waals surface area (Å²) in [5.74, 6) is 0.473. The van der Waals surface area contributed by atoms with Crippen molar-refractivity contribution in [2.75, 3.05) is 0 Å². The molecule has 4 rings (SSSR count). The summed E-state index contributed by atoms with van der Waals surface area (Å²) in [6, 6.07) is 14.5. The molecule has 4 aromatic rings. The van der Waals surface area contributed by atoms with Crippen molar-refractivity contribution in [2.45, 2.75) is 50.1 Å². The molecule has 0 aliphatic heterocycles. The van der Waals surface area contributed by atoms with Crippen LogP contribution in [0.1, 0.15) is 38.3 Å². The molecule has 0 aliphatic carbocycles. The Kier molecular flexibility index (Phi) is 6.28. The van der Waals surface area contributed by atoms with E-state index in [-0.39, 0.29) is 11.1 Å². The van der Waals surface area contributed by atoms with Gasteiger partial charge >= 0.3 is 0 Å². The van der Waals surface area contributed by atoms with Crippen LogP contribution in [-0.4, -0.2) is 18.9 Å². The van der Waals surface area contributed by atoms with Crippen LogP contribution in [0.25, 0.3) is 16.6 Å². The molecule has 0 atom stereocenters. The zero-order chi connectivity index (χ0) is 20.9. The van der Waals surface area contributed by atoms with Gasteiger partial charge < -0.3 is 0 Å². The maximum absolute atomic E-state index is 13.1. The topological polar surface area (TPSA) is 69.3 Å². The largest absolute Gasteiger partial charge is 0.287 e. The Bertz CT molecular complexity index is 1300. The minimum Gasteiger partial charge on any atom is -0.287 e. The monoisotopic (exact) mass is 420 g/mol. The first-order valence-electron chi connectivity index (χ1n) is 10.3. The van der Waals surface area contributed by atoms with Crippen LogP contribution in [0.3, 0.4) is 0 Å². The predicted octanol–water partition coefficient (Wildman–Crippen LogP) is 4.28. The maximum atomic E-state index is 13.1. The van der Waals surface area contributed by atoms with E-state index >= 15 is 0 Å². The molecule has 0 saturated carbocycles. The summed E-state index contributed by atoms with van der Waals surface area (Å²) in [4.78, 5) is 34.8. The highest BCUT2D eigenvalue weighted by atomic mass is 32.2. The number of rotatable bonds is 8. The first-order chi connectivity index (χ1) is 14.7. The molecule has 0 unspecified atom stereocenters. The average Bonchev–Trinajstić information content (AvgIpc) is 2.77. The Balaban J connectivity index is 1.65. The van der Waals surface area contributed by atoms with Gasteiger partial charge in [0, 0.05) is 24.6 Å². The Morgan fingerprint density at radius 2 is 1.80 bits per heavy atom. The van der Waals surface area contributed by atoms with Gasteiger partial charge in [-0.25, -0.2) is 9.97 Å². The smallest absolute Gasteiger partial charge is 0.262 e. The molecule has 0 bridgehead atoms. The van der Waals surface area contributed by atoms with Gasteiger partial charge in [-0.1, -0.05) is 56.1 Å². The molecule has 6 nitrogen and oxygen atoms in total. The van der Waals surface area contributed by atoms with Crippen molar-refractivity contribution in [3.8, 4) is 0 Å². The number of unbranched alkanes of at least 4 members (excludes halogenated alkanes) is 3. The number of benzene rings is 1. The lowest BCUT2D eigenvalue weighted by Gasteiger charge is -2.13. The van der Waals surface area contributed by atoms with E-state index in [4.69, 9.17) is 4.98 Å². The summed E-state index contributed by atoms with van der Waals surface area (Å²) >= 11 is 1.45. The normalized spacial score (nSPS) is 11.4. The number of pyridine rings is 1. The van der Waals surface area contributed by atoms with Crippen LogP contribution < -0.4 is 11.1 Å². The third-order valence-corrected chi connectivity index (χ3v) is 6.05. The van der Waals surface area contributed by atoms with Gasteiger partial charge in [0.05, 0.1) is 16.6 Å². The van der Waals surface area contributed by atoms with Gasteiger partial charge in [0.2, 0.25) is 0 Å². The first kappa shape index (κ1) is 20.3. The molecule has 0 aliphatic rings. The van der Waals surface area contributed by atoms with Crippen molar-refractivity contribution in [3.63, 3.8) is 0 Å². The maximum Gasteiger partial charge on any atom is 0.262 e. The minimum atomic E-state index is -0.111. The van der Waals surface area contributed by atoms with Crippen LogP contribution in [0.5, 0.6) is 0 Å². The van der Waals surface area contributed by atoms with E-state index in [1.807, 2.05) is 36.4 Å². The van der Waals surface area contributed by atoms with E-state index in [2.05, 4.69) is 11.9 Å². The number of nitrogens with zero attached hydrogens (tertiary/aromatic N) is 4. The molecule has 0 amide bonds. The molecular weight excluding hydrogens is 396 g/mol. The molecule has 0 fully saturated rings. The number of hydrogen-bond donors (Lipinski definition) is 0. The van der Waals surface area contributed by atoms with Gasteiger partial charge in [0.1, 0.15) is 5.65 Å². The van der Waals surface area contributed by atoms with Crippen LogP contribution in [-0.2, 0) is 12.3 Å². The Hall–Kier alpha value is -2.93. The molecular formula is C23H24N4O2S. The van der Waals surface area contributed by atoms with Crippen molar-refractivity contribution < 1.29 is 0 Å². The first-order valence-corrected chi connectivity index (χ1v) is 11.3. The fourth-order valence-corrected chi connectivity index (χ4v) is 4.38. The summed E-state index contributed by atoms with van der Waals surface area (Å²) in [5.41, 5.74) is 1.87. The van der Waals surface area contributed by atoms with E-state index < -0.39 is 0 Å². The molecule has 3 heterocycles. The predicted molar refractivity (Wildman–Crippen MR) is 121 cm³/mol. The molecule has 0 saturated heterocycles. The van der Waals surface area contributed by atoms with Crippen molar-refractivity contribution in [1.29, 1.82) is 0 Å². The second kappa shape index (κ2) is 9.26. The second-order valence-corrected chi connectivity index (χ2v) is 8.17. The molecule has 1 aromatic carbocycles. The number of hydrogen-bond acceptors (Lipinski definition) is 5. The molecule has 0 radical (unpaired) electrons. The molecule has 30 heavy (non-hydrogen) atoms. The highest BCUT2D eigenvalue weighted by molar-refractivity contribution is 7.98. The molecule has 7 heteroatoms. The summed E-state index contributed by atoms with van der Waals surface area (Å²) in [6.07, 6.45) is 6.04. The van der Waals surface area contributed by atoms with Gasteiger partial charge in [-0.15, -0.1) is 0 Å². The van der Waals surface area contributed by atoms with E-state index in [9.17, 15) is 9.59 Å². The van der Waals surface area contributed by atoms with E-state index in [1.54, 1.807) is 22.9 Å². The van der Waals surface area contributed by atoms with Crippen LogP contribution in [0.15, 0.2) is 69.5 Å². The van der Waals surface area contributed by atoms with Gasteiger partial charge in [0.15, 0.2) is 5.16 Å². The SMILES string of the molecule is CCCCCCn1c(SCc2cc(=O)n3ccccc3n2)nc2ccccc2c1=O. The van der Waals surface area contributed by atoms with Crippen LogP contribution in [0, 0.1) is 0 Å². The standard InChI is InChI=1S/C23H24N4O2S/c1-2-3-4-8-14-27-22(29)18-10-5-6-11-19(18)25-23(27)30-16-17-15-21(28)26-13-9-7-12-20(26)24-17/h5-7,9-13,15H,2-4,8,14,16H2,1H3. The van der Waals surface area contributed by atoms with Crippen molar-refractivity contribution in [1.82, 2.24) is 18.9 Å². The Morgan fingerprint density at radius 3 is 2.67 bits per heavy atom. The number of aromatic nitrogens is 4. The number of thioether (sulfide) groups is 1. The van der Waals surface area contributed by atoms with Crippen LogP contribution in [0.4, 0.5) is 0 Å². The molecule has 3 aromatic heterocycles. The van der Waals surface area contributed by atoms with Gasteiger partial charge in [0.25, 0.3) is 11.1 Å². The Morgan fingerprint density at radius 1 is 0.967 bits per heavy atom. The Labute approximate surface area is 178 Å². The van der Waals surface area contributed by atoms with Gasteiger partial charge in [-0.2, -0.15) is 0 Å². The fourth-order valence-electron chi connectivity index (χ4n) is 3.47. The zero-order valence-electron chi connectivity index (χ0n) is 17.0. The number of fused-ring (bicyclic) bond motifs is 2. The van der Waals surface area contributed by atoms with Crippen LogP contribution >= 0.6 is 11.8 Å². The lowest BCUT2D eigenvalue weighted by Crippen LogP contribution is -2.23. The third-order valence-electron chi connectivity index (χ3n) is 5.04. The van der Waals surface area contributed by atoms with Crippen LogP contribution in [0.2, 0.25) is 0 Å². The summed E-state index contributed by atoms with van der Waals surface area (Å²) in [7, 11) is 0. The van der Waals surface area contributed by atoms with E-state index in [1.165, 1.54) is 16.2 Å². The van der Waals surface area contributed by atoms with Crippen molar-refractivity contribution >= 4 is 28.3 Å². The molecule has 0 spiro atoms. The van der Waals surface area contributed by atoms with E-state index in [0.29, 0.717) is 39.7 Å². The lowest BCUT2D eigenvalue weighted by molar-refractivity contribution is 0.531. The quantitative estimate of drug-likeness (QED) is 0.242. The summed E-state index contributed by atoms with van der Waals surface area (Å²) < 4.78 is 3.29. The highest BCUT2D eigenvalue weighted by Gasteiger charge is 2.12. The van der Waals surface area contributed by atoms with Crippen molar-refractivity contribution in [3.05, 3.63) is 81.1 Å². The summed E-state index contributed by atoms with van der Waals surface area (Å²) in [6.45, 7) is 2.82. The minimum absolute atomic E-state index is 0.00821. The molecule has 0 N–H and O–H groups in total. The zero-order valence-corrected chi connectivity index (χ0v) is 17.8. The molecule has 154 valence electrons. The highest BCUT2D eigenvalue weighted by Crippen LogP contribution is 2.22. The van der Waals surface area contributed by atoms with Crippen molar-refractivity contribution in [2.24, 2.45) is 0 Å². The fraction of sp³-hybridized carbons (Fsp3) is 0.304. The average molecular weight is 421 g/mol. The second-order valence-electron chi connectivity index (χ2n) is 7.23. The van der Waals surface area contributed by atoms with Gasteiger partial charge in [-0.05, 0) is 30.7 Å². The lowest BCUT2D eigenvalue weighted by atomic mass is 10.2. The summed E-state index contributed by atoms with van der Waals surface area (Å²) in [5, 5.41) is 1.31. The van der Waals surface area contributed by atoms with E-state index in [0.717, 1.165) is 25.7 Å². The number of para-hydroxylation sites is 1. The third kappa shape index (κ3) is 4.31.